The van der Waals surface area contributed by atoms with Crippen LogP contribution in [-0.4, -0.2) is 44.6 Å². The molecule has 1 amide bonds. The zero-order valence-electron chi connectivity index (χ0n) is 9.55. The van der Waals surface area contributed by atoms with E-state index < -0.39 is 0 Å². The fraction of sp³-hybridized carbons (Fsp3) is 0.364. The zero-order chi connectivity index (χ0) is 12.4. The number of anilines is 1. The van der Waals surface area contributed by atoms with Crippen molar-refractivity contribution in [3.8, 4) is 0 Å². The Balaban J connectivity index is 1.75. The number of nitrogens with one attached hydrogen (secondary N) is 2. The van der Waals surface area contributed by atoms with Gasteiger partial charge in [0.05, 0.1) is 0 Å². The van der Waals surface area contributed by atoms with Crippen molar-refractivity contribution >= 4 is 49.3 Å². The van der Waals surface area contributed by atoms with E-state index in [1.165, 1.54) is 0 Å². The van der Waals surface area contributed by atoms with Gasteiger partial charge in [-0.15, -0.1) is 0 Å². The molecule has 2 N–H and O–H groups in total. The van der Waals surface area contributed by atoms with Crippen LogP contribution in [-0.2, 0) is 4.79 Å². The van der Waals surface area contributed by atoms with Crippen molar-refractivity contribution in [1.29, 1.82) is 0 Å². The summed E-state index contributed by atoms with van der Waals surface area (Å²) in [6.45, 7) is 0.887. The molecule has 0 bridgehead atoms. The van der Waals surface area contributed by atoms with Crippen LogP contribution in [0.3, 0.4) is 0 Å². The molecular formula is C11H12N4OSSe. The number of rotatable bonds is 2. The summed E-state index contributed by atoms with van der Waals surface area (Å²) >= 11 is 1.74. The molecule has 0 saturated carbocycles. The monoisotopic (exact) mass is 328 g/mol. The van der Waals surface area contributed by atoms with E-state index in [2.05, 4.69) is 18.6 Å². The Morgan fingerprint density at radius 3 is 3.28 bits per heavy atom. The van der Waals surface area contributed by atoms with Crippen molar-refractivity contribution in [2.45, 2.75) is 6.04 Å². The normalized spacial score (nSPS) is 21.2. The molecule has 0 aliphatic carbocycles. The summed E-state index contributed by atoms with van der Waals surface area (Å²) in [5, 5.41) is 6.18. The maximum atomic E-state index is 12.1. The third kappa shape index (κ3) is 2.44. The quantitative estimate of drug-likeness (QED) is 0.825. The predicted octanol–water partition coefficient (Wildman–Crippen LogP) is 1.68. The van der Waals surface area contributed by atoms with Crippen molar-refractivity contribution in [1.82, 2.24) is 5.32 Å². The molecule has 1 saturated heterocycles. The van der Waals surface area contributed by atoms with E-state index in [1.807, 2.05) is 18.2 Å². The van der Waals surface area contributed by atoms with E-state index in [0.29, 0.717) is 0 Å². The van der Waals surface area contributed by atoms with Crippen LogP contribution in [0.1, 0.15) is 0 Å². The minimum absolute atomic E-state index is 0.0187. The minimum atomic E-state index is -0.108. The Labute approximate surface area is 115 Å². The number of fused-ring (bicyclic) bond motifs is 1. The number of amides is 1. The van der Waals surface area contributed by atoms with E-state index in [1.54, 1.807) is 11.8 Å². The van der Waals surface area contributed by atoms with E-state index >= 15 is 0 Å². The molecule has 7 heteroatoms. The molecule has 0 spiro atoms. The number of carbonyl (C=O) groups excluding carboxylic acids is 1. The van der Waals surface area contributed by atoms with E-state index in [0.717, 1.165) is 35.1 Å². The SMILES string of the molecule is O=C(Nc1cccc2c1N=[Se]=N2)C1CSCCN1. The fourth-order valence-electron chi connectivity index (χ4n) is 1.86. The first-order chi connectivity index (χ1) is 8.84. The fourth-order valence-corrected chi connectivity index (χ4v) is 3.95. The first-order valence-electron chi connectivity index (χ1n) is 5.68. The van der Waals surface area contributed by atoms with Crippen LogP contribution in [0.4, 0.5) is 17.1 Å². The zero-order valence-corrected chi connectivity index (χ0v) is 12.1. The molecule has 1 aromatic carbocycles. The number of hydrogen-bond donors (Lipinski definition) is 2. The summed E-state index contributed by atoms with van der Waals surface area (Å²) in [6, 6.07) is 5.60. The van der Waals surface area contributed by atoms with Gasteiger partial charge in [-0.05, 0) is 0 Å². The second kappa shape index (κ2) is 5.40. The Morgan fingerprint density at radius 1 is 1.50 bits per heavy atom. The second-order valence-electron chi connectivity index (χ2n) is 4.01. The molecule has 1 atom stereocenters. The number of thioether (sulfide) groups is 1. The van der Waals surface area contributed by atoms with Crippen molar-refractivity contribution in [3.63, 3.8) is 0 Å². The standard InChI is InChI=1S/C11H12N4OSSe/c16-11(9-6-17-5-4-12-9)13-7-2-1-3-8-10(7)15-18-14-8/h1-3,9,12H,4-6H2,(H,13,16). The Hall–Kier alpha value is -0.881. The average molecular weight is 327 g/mol. The van der Waals surface area contributed by atoms with Gasteiger partial charge in [0.25, 0.3) is 0 Å². The molecule has 2 aliphatic rings. The van der Waals surface area contributed by atoms with E-state index in [9.17, 15) is 4.79 Å². The molecule has 94 valence electrons. The van der Waals surface area contributed by atoms with Gasteiger partial charge in [0.1, 0.15) is 0 Å². The topological polar surface area (TPSA) is 65.8 Å². The van der Waals surface area contributed by atoms with E-state index in [4.69, 9.17) is 0 Å². The molecule has 1 unspecified atom stereocenters. The number of nitrogens with zero attached hydrogens (tertiary/aromatic N) is 2. The van der Waals surface area contributed by atoms with Gasteiger partial charge in [0, 0.05) is 0 Å². The maximum absolute atomic E-state index is 12.1. The Bertz CT molecular complexity index is 550. The molecule has 0 aromatic heterocycles. The van der Waals surface area contributed by atoms with Crippen LogP contribution >= 0.6 is 11.8 Å². The van der Waals surface area contributed by atoms with Crippen molar-refractivity contribution in [2.75, 3.05) is 23.4 Å². The Kier molecular flexibility index (Phi) is 3.65. The van der Waals surface area contributed by atoms with Gasteiger partial charge in [0.15, 0.2) is 0 Å². The summed E-state index contributed by atoms with van der Waals surface area (Å²) in [7, 11) is 0. The van der Waals surface area contributed by atoms with Gasteiger partial charge in [-0.25, -0.2) is 0 Å². The van der Waals surface area contributed by atoms with Crippen LogP contribution < -0.4 is 10.6 Å². The molecule has 5 nitrogen and oxygen atoms in total. The van der Waals surface area contributed by atoms with Crippen molar-refractivity contribution < 1.29 is 4.79 Å². The number of hydrogen-bond acceptors (Lipinski definition) is 5. The van der Waals surface area contributed by atoms with Crippen LogP contribution in [0.25, 0.3) is 0 Å². The summed E-state index contributed by atoms with van der Waals surface area (Å²) < 4.78 is 8.66. The van der Waals surface area contributed by atoms with Crippen LogP contribution in [0, 0.1) is 0 Å². The first-order valence-corrected chi connectivity index (χ1v) is 8.36. The van der Waals surface area contributed by atoms with Crippen LogP contribution in [0.2, 0.25) is 0 Å². The first kappa shape index (κ1) is 12.2. The molecule has 2 heterocycles. The summed E-state index contributed by atoms with van der Waals surface area (Å²) in [5.74, 6) is 1.92. The van der Waals surface area contributed by atoms with Gasteiger partial charge in [0.2, 0.25) is 0 Å². The van der Waals surface area contributed by atoms with Crippen LogP contribution in [0.15, 0.2) is 26.1 Å². The third-order valence-corrected chi connectivity index (χ3v) is 4.98. The molecule has 1 aromatic rings. The van der Waals surface area contributed by atoms with Gasteiger partial charge in [-0.2, -0.15) is 0 Å². The van der Waals surface area contributed by atoms with Gasteiger partial charge >= 0.3 is 115 Å². The summed E-state index contributed by atoms with van der Waals surface area (Å²) in [4.78, 5) is 12.1. The predicted molar refractivity (Wildman–Crippen MR) is 74.1 cm³/mol. The number of benzene rings is 1. The molecule has 1 fully saturated rings. The summed E-state index contributed by atoms with van der Waals surface area (Å²) in [5.41, 5.74) is 2.49. The van der Waals surface area contributed by atoms with Gasteiger partial charge in [-0.1, -0.05) is 0 Å². The van der Waals surface area contributed by atoms with Gasteiger partial charge < -0.3 is 0 Å². The van der Waals surface area contributed by atoms with E-state index in [-0.39, 0.29) is 26.5 Å². The summed E-state index contributed by atoms with van der Waals surface area (Å²) in [6.07, 6.45) is 0. The molecule has 0 radical (unpaired) electrons. The number of carbonyl (C=O) groups is 1. The molecular weight excluding hydrogens is 315 g/mol. The van der Waals surface area contributed by atoms with Gasteiger partial charge in [-0.3, -0.25) is 0 Å². The van der Waals surface area contributed by atoms with Crippen molar-refractivity contribution in [3.05, 3.63) is 18.2 Å². The molecule has 2 aliphatic heterocycles. The Morgan fingerprint density at radius 2 is 2.44 bits per heavy atom. The third-order valence-electron chi connectivity index (χ3n) is 2.78. The molecule has 18 heavy (non-hydrogen) atoms. The van der Waals surface area contributed by atoms with Crippen molar-refractivity contribution in [2.24, 2.45) is 7.92 Å². The van der Waals surface area contributed by atoms with Crippen LogP contribution in [0.5, 0.6) is 0 Å². The second-order valence-corrected chi connectivity index (χ2v) is 6.27. The average Bonchev–Trinajstić information content (AvgIpc) is 2.89. The molecule has 3 rings (SSSR count).